The molecule has 0 spiro atoms. The molecule has 0 unspecified atom stereocenters. The number of hydrogen-bond donors (Lipinski definition) is 1. The van der Waals surface area contributed by atoms with Gasteiger partial charge in [-0.25, -0.2) is 4.98 Å². The molecule has 3 aromatic rings. The van der Waals surface area contributed by atoms with Crippen LogP contribution < -0.4 is 5.32 Å². The number of nitro groups is 2. The van der Waals surface area contributed by atoms with Crippen LogP contribution in [-0.2, 0) is 7.05 Å². The van der Waals surface area contributed by atoms with E-state index in [2.05, 4.69) is 10.3 Å². The lowest BCUT2D eigenvalue weighted by Gasteiger charge is -2.12. The van der Waals surface area contributed by atoms with Crippen molar-refractivity contribution in [3.8, 4) is 0 Å². The highest BCUT2D eigenvalue weighted by Gasteiger charge is 2.25. The normalized spacial score (nSPS) is 10.6. The maximum Gasteiger partial charge on any atom is 0.279 e. The van der Waals surface area contributed by atoms with Gasteiger partial charge in [0.1, 0.15) is 0 Å². The third kappa shape index (κ3) is 4.42. The zero-order chi connectivity index (χ0) is 22.0. The molecular weight excluding hydrogens is 434 g/mol. The van der Waals surface area contributed by atoms with Crippen LogP contribution in [0.5, 0.6) is 0 Å². The van der Waals surface area contributed by atoms with E-state index >= 15 is 0 Å². The second kappa shape index (κ2) is 8.51. The molecule has 0 saturated heterocycles. The third-order valence-corrected chi connectivity index (χ3v) is 5.57. The van der Waals surface area contributed by atoms with Crippen molar-refractivity contribution in [1.29, 1.82) is 0 Å². The van der Waals surface area contributed by atoms with E-state index in [9.17, 15) is 25.0 Å². The number of halogens is 1. The van der Waals surface area contributed by atoms with Crippen molar-refractivity contribution in [2.45, 2.75) is 17.0 Å². The van der Waals surface area contributed by atoms with E-state index in [1.54, 1.807) is 29.1 Å². The van der Waals surface area contributed by atoms with Crippen molar-refractivity contribution in [2.75, 3.05) is 5.32 Å². The number of hydrogen-bond acceptors (Lipinski definition) is 7. The van der Waals surface area contributed by atoms with Crippen molar-refractivity contribution in [1.82, 2.24) is 9.55 Å². The third-order valence-electron chi connectivity index (χ3n) is 4.19. The van der Waals surface area contributed by atoms with Crippen LogP contribution in [0.15, 0.2) is 52.8 Å². The first-order valence-corrected chi connectivity index (χ1v) is 9.56. The molecule has 0 aliphatic heterocycles. The Kier molecular flexibility index (Phi) is 6.04. The average Bonchev–Trinajstić information content (AvgIpc) is 3.08. The van der Waals surface area contributed by atoms with Crippen molar-refractivity contribution in [3.05, 3.63) is 79.1 Å². The number of non-ortho nitro benzene ring substituents is 1. The molecule has 0 atom stereocenters. The van der Waals surface area contributed by atoms with Crippen LogP contribution >= 0.6 is 23.4 Å². The van der Waals surface area contributed by atoms with E-state index in [0.29, 0.717) is 20.8 Å². The number of aromatic nitrogens is 2. The summed E-state index contributed by atoms with van der Waals surface area (Å²) in [5, 5.41) is 26.1. The maximum atomic E-state index is 12.9. The van der Waals surface area contributed by atoms with Crippen molar-refractivity contribution >= 4 is 46.3 Å². The Balaban J connectivity index is 2.00. The lowest BCUT2D eigenvalue weighted by atomic mass is 10.0. The van der Waals surface area contributed by atoms with Crippen LogP contribution in [0.4, 0.5) is 17.1 Å². The van der Waals surface area contributed by atoms with E-state index in [-0.39, 0.29) is 11.1 Å². The molecule has 1 amide bonds. The van der Waals surface area contributed by atoms with Gasteiger partial charge in [-0.2, -0.15) is 0 Å². The SMILES string of the molecule is Cc1c(C(=O)Nc2cc(Cl)ccc2Sc2nccn2C)cc([N+](=O)[O-])cc1[N+](=O)[O-]. The van der Waals surface area contributed by atoms with Gasteiger partial charge in [0.05, 0.1) is 27.2 Å². The zero-order valence-corrected chi connectivity index (χ0v) is 17.2. The highest BCUT2D eigenvalue weighted by atomic mass is 35.5. The Hall–Kier alpha value is -3.44. The molecule has 154 valence electrons. The van der Waals surface area contributed by atoms with Gasteiger partial charge < -0.3 is 9.88 Å². The van der Waals surface area contributed by atoms with Crippen molar-refractivity contribution in [3.63, 3.8) is 0 Å². The molecule has 10 nitrogen and oxygen atoms in total. The summed E-state index contributed by atoms with van der Waals surface area (Å²) in [7, 11) is 1.81. The fourth-order valence-electron chi connectivity index (χ4n) is 2.64. The number of nitro benzene ring substituents is 2. The van der Waals surface area contributed by atoms with Crippen molar-refractivity contribution < 1.29 is 14.6 Å². The monoisotopic (exact) mass is 447 g/mol. The number of amides is 1. The topological polar surface area (TPSA) is 133 Å². The smallest absolute Gasteiger partial charge is 0.279 e. The van der Waals surface area contributed by atoms with Gasteiger partial charge in [-0.15, -0.1) is 0 Å². The second-order valence-corrected chi connectivity index (χ2v) is 7.61. The summed E-state index contributed by atoms with van der Waals surface area (Å²) in [5.74, 6) is -0.733. The Morgan fingerprint density at radius 2 is 1.93 bits per heavy atom. The minimum Gasteiger partial charge on any atom is -0.329 e. The highest BCUT2D eigenvalue weighted by Crippen LogP contribution is 2.35. The molecule has 0 aliphatic carbocycles. The number of nitrogens with zero attached hydrogens (tertiary/aromatic N) is 4. The first-order chi connectivity index (χ1) is 14.2. The number of nitrogens with one attached hydrogen (secondary N) is 1. The number of carbonyl (C=O) groups excluding carboxylic acids is 1. The summed E-state index contributed by atoms with van der Waals surface area (Å²) in [6.45, 7) is 1.36. The van der Waals surface area contributed by atoms with Gasteiger partial charge in [-0.05, 0) is 36.9 Å². The maximum absolute atomic E-state index is 12.9. The fraction of sp³-hybridized carbons (Fsp3) is 0.111. The number of aryl methyl sites for hydroxylation is 1. The lowest BCUT2D eigenvalue weighted by molar-refractivity contribution is -0.394. The van der Waals surface area contributed by atoms with Gasteiger partial charge in [0.25, 0.3) is 17.3 Å². The minimum absolute atomic E-state index is 0.0171. The zero-order valence-electron chi connectivity index (χ0n) is 15.7. The molecule has 0 fully saturated rings. The highest BCUT2D eigenvalue weighted by molar-refractivity contribution is 7.99. The molecule has 1 N–H and O–H groups in total. The number of rotatable bonds is 6. The van der Waals surface area contributed by atoms with Crippen molar-refractivity contribution in [2.24, 2.45) is 7.05 Å². The largest absolute Gasteiger partial charge is 0.329 e. The van der Waals surface area contributed by atoms with Crippen LogP contribution in [0.25, 0.3) is 0 Å². The van der Waals surface area contributed by atoms with E-state index in [4.69, 9.17) is 11.6 Å². The minimum atomic E-state index is -0.787. The molecule has 0 bridgehead atoms. The summed E-state index contributed by atoms with van der Waals surface area (Å²) in [6, 6.07) is 6.69. The Morgan fingerprint density at radius 3 is 2.53 bits per heavy atom. The predicted octanol–water partition coefficient (Wildman–Crippen LogP) is 4.60. The number of imidazole rings is 1. The van der Waals surface area contributed by atoms with E-state index in [1.807, 2.05) is 7.05 Å². The van der Waals surface area contributed by atoms with E-state index < -0.39 is 27.1 Å². The van der Waals surface area contributed by atoms with Gasteiger partial charge in [0.2, 0.25) is 0 Å². The fourth-order valence-corrected chi connectivity index (χ4v) is 3.69. The van der Waals surface area contributed by atoms with E-state index in [0.717, 1.165) is 12.1 Å². The predicted molar refractivity (Wildman–Crippen MR) is 111 cm³/mol. The summed E-state index contributed by atoms with van der Waals surface area (Å²) >= 11 is 7.34. The average molecular weight is 448 g/mol. The quantitative estimate of drug-likeness (QED) is 0.431. The first-order valence-electron chi connectivity index (χ1n) is 8.37. The molecule has 30 heavy (non-hydrogen) atoms. The number of benzene rings is 2. The molecule has 12 heteroatoms. The van der Waals surface area contributed by atoms with E-state index in [1.165, 1.54) is 24.8 Å². The van der Waals surface area contributed by atoms with Crippen LogP contribution in [0.1, 0.15) is 15.9 Å². The van der Waals surface area contributed by atoms with Crippen LogP contribution in [-0.4, -0.2) is 25.3 Å². The summed E-state index contributed by atoms with van der Waals surface area (Å²) < 4.78 is 1.79. The molecule has 2 aromatic carbocycles. The second-order valence-electron chi connectivity index (χ2n) is 6.17. The Morgan fingerprint density at radius 1 is 1.20 bits per heavy atom. The number of anilines is 1. The van der Waals surface area contributed by atoms with Crippen LogP contribution in [0, 0.1) is 27.2 Å². The standard InChI is InChI=1S/C18H14ClN5O5S/c1-10-13(8-12(23(26)27)9-15(10)24(28)29)17(25)21-14-7-11(19)3-4-16(14)30-18-20-5-6-22(18)2/h3-9H,1-2H3,(H,21,25). The Labute approximate surface area is 179 Å². The number of carbonyl (C=O) groups is 1. The van der Waals surface area contributed by atoms with Crippen LogP contribution in [0.2, 0.25) is 5.02 Å². The molecular formula is C18H14ClN5O5S. The summed E-state index contributed by atoms with van der Waals surface area (Å²) in [6.07, 6.45) is 3.39. The summed E-state index contributed by atoms with van der Waals surface area (Å²) in [4.78, 5) is 38.6. The Bertz CT molecular complexity index is 1180. The van der Waals surface area contributed by atoms with Crippen LogP contribution in [0.3, 0.4) is 0 Å². The summed E-state index contributed by atoms with van der Waals surface area (Å²) in [5.41, 5.74) is -0.879. The molecule has 0 radical (unpaired) electrons. The van der Waals surface area contributed by atoms with Gasteiger partial charge >= 0.3 is 0 Å². The molecule has 0 aliphatic rings. The molecule has 1 heterocycles. The van der Waals surface area contributed by atoms with Gasteiger partial charge in [0.15, 0.2) is 5.16 Å². The van der Waals surface area contributed by atoms with Gasteiger partial charge in [0, 0.05) is 41.0 Å². The van der Waals surface area contributed by atoms with Gasteiger partial charge in [-0.1, -0.05) is 11.6 Å². The molecule has 3 rings (SSSR count). The first kappa shape index (κ1) is 21.3. The molecule has 0 saturated carbocycles. The molecule has 1 aromatic heterocycles. The lowest BCUT2D eigenvalue weighted by Crippen LogP contribution is -2.15. The van der Waals surface area contributed by atoms with Gasteiger partial charge in [-0.3, -0.25) is 25.0 Å².